The highest BCUT2D eigenvalue weighted by molar-refractivity contribution is 5.95. The summed E-state index contributed by atoms with van der Waals surface area (Å²) in [5.74, 6) is -0.201. The summed E-state index contributed by atoms with van der Waals surface area (Å²) >= 11 is 0. The molecule has 1 heterocycles. The Balaban J connectivity index is 2.13. The van der Waals surface area contributed by atoms with Crippen LogP contribution < -0.4 is 14.8 Å². The number of hydrogen-bond donors (Lipinski definition) is 2. The van der Waals surface area contributed by atoms with Crippen molar-refractivity contribution < 1.29 is 28.9 Å². The van der Waals surface area contributed by atoms with Crippen molar-refractivity contribution in [3.05, 3.63) is 23.8 Å². The van der Waals surface area contributed by atoms with Crippen LogP contribution in [0.4, 0.5) is 0 Å². The van der Waals surface area contributed by atoms with Crippen molar-refractivity contribution in [3.63, 3.8) is 0 Å². The number of benzene rings is 1. The molecule has 1 fully saturated rings. The lowest BCUT2D eigenvalue weighted by Gasteiger charge is -2.36. The Labute approximate surface area is 153 Å². The van der Waals surface area contributed by atoms with Gasteiger partial charge in [-0.1, -0.05) is 13.3 Å². The van der Waals surface area contributed by atoms with Gasteiger partial charge in [0.05, 0.1) is 25.7 Å². The number of hydrogen-bond acceptors (Lipinski definition) is 5. The van der Waals surface area contributed by atoms with E-state index in [2.05, 4.69) is 12.2 Å². The van der Waals surface area contributed by atoms with E-state index in [0.29, 0.717) is 49.7 Å². The molecule has 1 aromatic carbocycles. The van der Waals surface area contributed by atoms with Crippen molar-refractivity contribution in [1.29, 1.82) is 0 Å². The lowest BCUT2D eigenvalue weighted by atomic mass is 9.86. The maximum absolute atomic E-state index is 12.7. The predicted molar refractivity (Wildman–Crippen MR) is 95.9 cm³/mol. The molecule has 1 aliphatic rings. The van der Waals surface area contributed by atoms with Crippen molar-refractivity contribution >= 4 is 11.9 Å². The van der Waals surface area contributed by atoms with Crippen molar-refractivity contribution in [3.8, 4) is 11.5 Å². The third kappa shape index (κ3) is 5.36. The van der Waals surface area contributed by atoms with Crippen LogP contribution in [-0.4, -0.2) is 49.5 Å². The largest absolute Gasteiger partial charge is 0.493 e. The van der Waals surface area contributed by atoms with E-state index < -0.39 is 11.5 Å². The van der Waals surface area contributed by atoms with Crippen LogP contribution in [0.1, 0.15) is 49.4 Å². The minimum Gasteiger partial charge on any atom is -0.493 e. The smallest absolute Gasteiger partial charge is 0.305 e. The van der Waals surface area contributed by atoms with E-state index >= 15 is 0 Å². The molecule has 1 aliphatic heterocycles. The van der Waals surface area contributed by atoms with Gasteiger partial charge in [-0.25, -0.2) is 0 Å². The van der Waals surface area contributed by atoms with Gasteiger partial charge in [-0.05, 0) is 37.5 Å². The summed E-state index contributed by atoms with van der Waals surface area (Å²) in [6.45, 7) is 3.53. The number of rotatable bonds is 9. The van der Waals surface area contributed by atoms with Crippen LogP contribution in [0.5, 0.6) is 11.5 Å². The second-order valence-corrected chi connectivity index (χ2v) is 6.48. The molecule has 7 heteroatoms. The molecule has 0 aliphatic carbocycles. The highest BCUT2D eigenvalue weighted by Gasteiger charge is 2.36. The fraction of sp³-hybridized carbons (Fsp3) is 0.579. The number of nitrogens with one attached hydrogen (secondary N) is 1. The number of carboxylic acid groups (broad SMARTS) is 1. The topological polar surface area (TPSA) is 94.1 Å². The summed E-state index contributed by atoms with van der Waals surface area (Å²) in [5, 5.41) is 12.1. The molecule has 0 unspecified atom stereocenters. The lowest BCUT2D eigenvalue weighted by molar-refractivity contribution is -0.139. The molecule has 0 bridgehead atoms. The number of aliphatic carboxylic acids is 1. The van der Waals surface area contributed by atoms with E-state index in [1.54, 1.807) is 18.2 Å². The molecule has 7 nitrogen and oxygen atoms in total. The average Bonchev–Trinajstić information content (AvgIpc) is 2.62. The molecule has 2 rings (SSSR count). The van der Waals surface area contributed by atoms with Crippen LogP contribution in [0.15, 0.2) is 18.2 Å². The van der Waals surface area contributed by atoms with Gasteiger partial charge in [0.2, 0.25) is 0 Å². The van der Waals surface area contributed by atoms with Gasteiger partial charge in [-0.3, -0.25) is 9.59 Å². The van der Waals surface area contributed by atoms with Crippen LogP contribution in [0, 0.1) is 0 Å². The molecule has 0 atom stereocenters. The highest BCUT2D eigenvalue weighted by atomic mass is 16.5. The number of methoxy groups -OCH3 is 1. The first-order chi connectivity index (χ1) is 12.5. The Morgan fingerprint density at radius 2 is 2.00 bits per heavy atom. The third-order valence-corrected chi connectivity index (χ3v) is 4.50. The zero-order valence-electron chi connectivity index (χ0n) is 15.4. The summed E-state index contributed by atoms with van der Waals surface area (Å²) in [6.07, 6.45) is 2.78. The number of carboxylic acids is 1. The van der Waals surface area contributed by atoms with E-state index in [-0.39, 0.29) is 12.3 Å². The van der Waals surface area contributed by atoms with Gasteiger partial charge in [0, 0.05) is 18.8 Å². The molecule has 2 N–H and O–H groups in total. The Morgan fingerprint density at radius 1 is 1.27 bits per heavy atom. The molecule has 144 valence electrons. The molecule has 1 amide bonds. The molecular formula is C19H27NO6. The maximum Gasteiger partial charge on any atom is 0.305 e. The van der Waals surface area contributed by atoms with Crippen molar-refractivity contribution in [2.75, 3.05) is 26.9 Å². The molecule has 0 saturated carbocycles. The minimum absolute atomic E-state index is 0.128. The standard InChI is InChI=1S/C19H27NO6/c1-3-4-9-26-15-6-5-14(12-16(15)24-2)18(23)20-19(13-17(21)22)7-10-25-11-8-19/h5-6,12H,3-4,7-11,13H2,1-2H3,(H,20,23)(H,21,22). The zero-order valence-corrected chi connectivity index (χ0v) is 15.4. The number of ether oxygens (including phenoxy) is 3. The summed E-state index contributed by atoms with van der Waals surface area (Å²) in [5.41, 5.74) is -0.383. The fourth-order valence-electron chi connectivity index (χ4n) is 2.97. The van der Waals surface area contributed by atoms with Gasteiger partial charge in [0.25, 0.3) is 5.91 Å². The Hall–Kier alpha value is -2.28. The number of amides is 1. The van der Waals surface area contributed by atoms with Gasteiger partial charge in [0.1, 0.15) is 0 Å². The molecule has 0 radical (unpaired) electrons. The van der Waals surface area contributed by atoms with Crippen LogP contribution in [0.2, 0.25) is 0 Å². The molecule has 1 aromatic rings. The van der Waals surface area contributed by atoms with Crippen molar-refractivity contribution in [2.45, 2.75) is 44.6 Å². The van der Waals surface area contributed by atoms with Gasteiger partial charge < -0.3 is 24.6 Å². The Morgan fingerprint density at radius 3 is 2.62 bits per heavy atom. The van der Waals surface area contributed by atoms with Crippen LogP contribution in [-0.2, 0) is 9.53 Å². The van der Waals surface area contributed by atoms with Crippen LogP contribution in [0.25, 0.3) is 0 Å². The van der Waals surface area contributed by atoms with E-state index in [9.17, 15) is 14.7 Å². The lowest BCUT2D eigenvalue weighted by Crippen LogP contribution is -2.53. The number of unbranched alkanes of at least 4 members (excludes halogenated alkanes) is 1. The van der Waals surface area contributed by atoms with Crippen LogP contribution in [0.3, 0.4) is 0 Å². The Bertz CT molecular complexity index is 624. The number of carbonyl (C=O) groups is 2. The minimum atomic E-state index is -0.940. The molecule has 0 aromatic heterocycles. The monoisotopic (exact) mass is 365 g/mol. The van der Waals surface area contributed by atoms with Gasteiger partial charge in [-0.15, -0.1) is 0 Å². The van der Waals surface area contributed by atoms with E-state index in [0.717, 1.165) is 12.8 Å². The van der Waals surface area contributed by atoms with Gasteiger partial charge in [-0.2, -0.15) is 0 Å². The molecule has 26 heavy (non-hydrogen) atoms. The quantitative estimate of drug-likeness (QED) is 0.654. The summed E-state index contributed by atoms with van der Waals surface area (Å²) in [4.78, 5) is 23.9. The molecular weight excluding hydrogens is 338 g/mol. The SMILES string of the molecule is CCCCOc1ccc(C(=O)NC2(CC(=O)O)CCOCC2)cc1OC. The zero-order chi connectivity index (χ0) is 19.0. The van der Waals surface area contributed by atoms with Gasteiger partial charge >= 0.3 is 5.97 Å². The highest BCUT2D eigenvalue weighted by Crippen LogP contribution is 2.30. The fourth-order valence-corrected chi connectivity index (χ4v) is 2.97. The first-order valence-corrected chi connectivity index (χ1v) is 8.92. The van der Waals surface area contributed by atoms with Crippen molar-refractivity contribution in [2.24, 2.45) is 0 Å². The first kappa shape index (κ1) is 20.0. The first-order valence-electron chi connectivity index (χ1n) is 8.92. The predicted octanol–water partition coefficient (Wildman–Crippen LogP) is 2.63. The summed E-state index contributed by atoms with van der Waals surface area (Å²) in [6, 6.07) is 4.98. The third-order valence-electron chi connectivity index (χ3n) is 4.50. The summed E-state index contributed by atoms with van der Waals surface area (Å²) in [7, 11) is 1.52. The average molecular weight is 365 g/mol. The normalized spacial score (nSPS) is 15.9. The summed E-state index contributed by atoms with van der Waals surface area (Å²) < 4.78 is 16.3. The Kier molecular flexibility index (Phi) is 7.26. The molecule has 1 saturated heterocycles. The second kappa shape index (κ2) is 9.43. The number of carbonyl (C=O) groups excluding carboxylic acids is 1. The maximum atomic E-state index is 12.7. The van der Waals surface area contributed by atoms with Crippen LogP contribution >= 0.6 is 0 Å². The second-order valence-electron chi connectivity index (χ2n) is 6.48. The van der Waals surface area contributed by atoms with E-state index in [1.165, 1.54) is 7.11 Å². The molecule has 0 spiro atoms. The van der Waals surface area contributed by atoms with Crippen molar-refractivity contribution in [1.82, 2.24) is 5.32 Å². The van der Waals surface area contributed by atoms with E-state index in [4.69, 9.17) is 14.2 Å². The van der Waals surface area contributed by atoms with E-state index in [1.807, 2.05) is 0 Å². The van der Waals surface area contributed by atoms with Gasteiger partial charge in [0.15, 0.2) is 11.5 Å².